The van der Waals surface area contributed by atoms with Crippen molar-refractivity contribution < 1.29 is 13.6 Å². The molecular weight excluding hydrogens is 304 g/mol. The number of carbonyl (C=O) groups is 1. The van der Waals surface area contributed by atoms with E-state index in [4.69, 9.17) is 0 Å². The lowest BCUT2D eigenvalue weighted by Gasteiger charge is -2.13. The van der Waals surface area contributed by atoms with Crippen LogP contribution in [0.25, 0.3) is 6.08 Å². The summed E-state index contributed by atoms with van der Waals surface area (Å²) in [6, 6.07) is 3.86. The molecule has 1 heterocycles. The molecule has 0 amide bonds. The first-order valence-corrected chi connectivity index (χ1v) is 7.66. The average Bonchev–Trinajstić information content (AvgIpc) is 2.82. The van der Waals surface area contributed by atoms with Crippen LogP contribution >= 0.6 is 11.3 Å². The number of hydrogen-bond donors (Lipinski definition) is 0. The Hall–Kier alpha value is -1.88. The van der Waals surface area contributed by atoms with Gasteiger partial charge in [0.1, 0.15) is 0 Å². The smallest absolute Gasteiger partial charge is 0.197 e. The van der Waals surface area contributed by atoms with Gasteiger partial charge in [0, 0.05) is 11.0 Å². The van der Waals surface area contributed by atoms with Crippen LogP contribution in [0.15, 0.2) is 24.3 Å². The number of nitrogens with zero attached hydrogens (tertiary/aromatic N) is 1. The van der Waals surface area contributed by atoms with Crippen LogP contribution in [0.4, 0.5) is 8.78 Å². The molecule has 0 aliphatic heterocycles. The first-order valence-electron chi connectivity index (χ1n) is 6.84. The van der Waals surface area contributed by atoms with E-state index in [-0.39, 0.29) is 16.8 Å². The third-order valence-electron chi connectivity index (χ3n) is 3.06. The van der Waals surface area contributed by atoms with Crippen LogP contribution in [-0.4, -0.2) is 10.8 Å². The lowest BCUT2D eigenvalue weighted by molar-refractivity contribution is 0.105. The fourth-order valence-electron chi connectivity index (χ4n) is 1.84. The molecule has 0 unspecified atom stereocenters. The monoisotopic (exact) mass is 321 g/mol. The second-order valence-electron chi connectivity index (χ2n) is 6.02. The van der Waals surface area contributed by atoms with Gasteiger partial charge in [0.2, 0.25) is 0 Å². The van der Waals surface area contributed by atoms with Crippen molar-refractivity contribution in [3.63, 3.8) is 0 Å². The molecule has 0 atom stereocenters. The fourth-order valence-corrected chi connectivity index (χ4v) is 2.88. The van der Waals surface area contributed by atoms with Crippen molar-refractivity contribution in [3.05, 3.63) is 57.1 Å². The average molecular weight is 321 g/mol. The number of thiazole rings is 1. The molecule has 0 aliphatic rings. The number of halogens is 2. The van der Waals surface area contributed by atoms with Gasteiger partial charge in [0.25, 0.3) is 0 Å². The third-order valence-corrected chi connectivity index (χ3v) is 4.66. The van der Waals surface area contributed by atoms with E-state index in [0.717, 1.165) is 11.1 Å². The molecule has 1 aromatic heterocycles. The van der Waals surface area contributed by atoms with Crippen molar-refractivity contribution in [1.29, 1.82) is 0 Å². The number of aromatic nitrogens is 1. The van der Waals surface area contributed by atoms with Crippen LogP contribution in [0.5, 0.6) is 0 Å². The molecule has 0 bridgehead atoms. The van der Waals surface area contributed by atoms with Gasteiger partial charge in [0.05, 0.1) is 15.6 Å². The summed E-state index contributed by atoms with van der Waals surface area (Å²) in [4.78, 5) is 17.2. The Bertz CT molecular complexity index is 742. The molecule has 2 rings (SSSR count). The molecule has 0 radical (unpaired) electrons. The number of rotatable bonds is 3. The Balaban J connectivity index is 2.28. The zero-order valence-corrected chi connectivity index (χ0v) is 13.7. The van der Waals surface area contributed by atoms with Gasteiger partial charge in [-0.2, -0.15) is 0 Å². The van der Waals surface area contributed by atoms with E-state index >= 15 is 0 Å². The van der Waals surface area contributed by atoms with E-state index in [0.29, 0.717) is 10.6 Å². The van der Waals surface area contributed by atoms with Gasteiger partial charge in [-0.3, -0.25) is 4.79 Å². The van der Waals surface area contributed by atoms with E-state index in [9.17, 15) is 13.6 Å². The minimum absolute atomic E-state index is 0.0477. The highest BCUT2D eigenvalue weighted by Gasteiger charge is 2.22. The normalized spacial score (nSPS) is 12.1. The lowest BCUT2D eigenvalue weighted by atomic mass is 9.98. The Morgan fingerprint density at radius 2 is 1.95 bits per heavy atom. The van der Waals surface area contributed by atoms with Crippen molar-refractivity contribution in [2.45, 2.75) is 33.1 Å². The van der Waals surface area contributed by atoms with E-state index in [1.54, 1.807) is 6.92 Å². The molecule has 0 N–H and O–H groups in total. The minimum atomic E-state index is -0.956. The maximum atomic E-state index is 13.5. The molecule has 2 aromatic rings. The molecule has 1 aromatic carbocycles. The summed E-state index contributed by atoms with van der Waals surface area (Å²) in [5.74, 6) is -2.14. The maximum Gasteiger partial charge on any atom is 0.197 e. The predicted octanol–water partition coefficient (Wildman–Crippen LogP) is 4.92. The van der Waals surface area contributed by atoms with Crippen LogP contribution in [0.3, 0.4) is 0 Å². The van der Waals surface area contributed by atoms with Gasteiger partial charge in [-0.15, -0.1) is 11.3 Å². The van der Waals surface area contributed by atoms with Crippen LogP contribution in [0, 0.1) is 18.6 Å². The van der Waals surface area contributed by atoms with Crippen LogP contribution < -0.4 is 0 Å². The summed E-state index contributed by atoms with van der Waals surface area (Å²) in [7, 11) is 0. The van der Waals surface area contributed by atoms with Gasteiger partial charge in [-0.1, -0.05) is 32.9 Å². The summed E-state index contributed by atoms with van der Waals surface area (Å²) in [5.41, 5.74) is 0.572. The number of allylic oxidation sites excluding steroid dienone is 1. The SMILES string of the molecule is Cc1nc(C(C)(C)C)sc1C(=O)C=Cc1cccc(F)c1F. The number of benzene rings is 1. The Kier molecular flexibility index (Phi) is 4.56. The van der Waals surface area contributed by atoms with E-state index in [1.807, 2.05) is 20.8 Å². The highest BCUT2D eigenvalue weighted by Crippen LogP contribution is 2.29. The molecule has 0 aliphatic carbocycles. The molecule has 22 heavy (non-hydrogen) atoms. The molecule has 116 valence electrons. The number of hydrogen-bond acceptors (Lipinski definition) is 3. The third kappa shape index (κ3) is 3.47. The molecule has 2 nitrogen and oxygen atoms in total. The molecule has 0 saturated carbocycles. The zero-order valence-electron chi connectivity index (χ0n) is 12.9. The van der Waals surface area contributed by atoms with Crippen LogP contribution in [0.2, 0.25) is 0 Å². The Morgan fingerprint density at radius 1 is 1.27 bits per heavy atom. The molecule has 0 spiro atoms. The van der Waals surface area contributed by atoms with Crippen molar-refractivity contribution >= 4 is 23.2 Å². The lowest BCUT2D eigenvalue weighted by Crippen LogP contribution is -2.10. The topological polar surface area (TPSA) is 30.0 Å². The van der Waals surface area contributed by atoms with E-state index in [1.165, 1.54) is 35.6 Å². The van der Waals surface area contributed by atoms with E-state index < -0.39 is 11.6 Å². The van der Waals surface area contributed by atoms with Gasteiger partial charge < -0.3 is 0 Å². The highest BCUT2D eigenvalue weighted by molar-refractivity contribution is 7.14. The zero-order chi connectivity index (χ0) is 16.5. The van der Waals surface area contributed by atoms with Crippen molar-refractivity contribution in [2.24, 2.45) is 0 Å². The standard InChI is InChI=1S/C17H17F2NOS/c1-10-15(22-16(20-10)17(2,3)4)13(21)9-8-11-6-5-7-12(18)14(11)19/h5-9H,1-4H3. The summed E-state index contributed by atoms with van der Waals surface area (Å²) in [5, 5.41) is 0.874. The number of ketones is 1. The summed E-state index contributed by atoms with van der Waals surface area (Å²) < 4.78 is 26.7. The van der Waals surface area contributed by atoms with Crippen LogP contribution in [0.1, 0.15) is 46.7 Å². The summed E-state index contributed by atoms with van der Waals surface area (Å²) in [6.45, 7) is 7.85. The fraction of sp³-hybridized carbons (Fsp3) is 0.294. The highest BCUT2D eigenvalue weighted by atomic mass is 32.1. The van der Waals surface area contributed by atoms with Crippen molar-refractivity contribution in [3.8, 4) is 0 Å². The minimum Gasteiger partial charge on any atom is -0.288 e. The van der Waals surface area contributed by atoms with E-state index in [2.05, 4.69) is 4.98 Å². The predicted molar refractivity (Wildman–Crippen MR) is 85.3 cm³/mol. The van der Waals surface area contributed by atoms with Gasteiger partial charge in [-0.05, 0) is 25.1 Å². The Morgan fingerprint density at radius 3 is 2.55 bits per heavy atom. The largest absolute Gasteiger partial charge is 0.288 e. The number of carbonyl (C=O) groups excluding carboxylic acids is 1. The van der Waals surface area contributed by atoms with Gasteiger partial charge in [0.15, 0.2) is 17.4 Å². The van der Waals surface area contributed by atoms with Crippen molar-refractivity contribution in [2.75, 3.05) is 0 Å². The molecule has 5 heteroatoms. The van der Waals surface area contributed by atoms with Gasteiger partial charge in [-0.25, -0.2) is 13.8 Å². The molecule has 0 fully saturated rings. The maximum absolute atomic E-state index is 13.5. The second kappa shape index (κ2) is 6.08. The van der Waals surface area contributed by atoms with Crippen LogP contribution in [-0.2, 0) is 5.41 Å². The first-order chi connectivity index (χ1) is 10.2. The molecular formula is C17H17F2NOS. The molecule has 0 saturated heterocycles. The number of aryl methyl sites for hydroxylation is 1. The second-order valence-corrected chi connectivity index (χ2v) is 7.02. The first kappa shape index (κ1) is 16.5. The Labute approximate surface area is 132 Å². The summed E-state index contributed by atoms with van der Waals surface area (Å²) >= 11 is 1.34. The van der Waals surface area contributed by atoms with Crippen molar-refractivity contribution in [1.82, 2.24) is 4.98 Å². The van der Waals surface area contributed by atoms with Gasteiger partial charge >= 0.3 is 0 Å². The summed E-state index contributed by atoms with van der Waals surface area (Å²) in [6.07, 6.45) is 2.54. The quantitative estimate of drug-likeness (QED) is 0.593.